The molecule has 0 bridgehead atoms. The Morgan fingerprint density at radius 3 is 2.85 bits per heavy atom. The highest BCUT2D eigenvalue weighted by Crippen LogP contribution is 2.32. The zero-order chi connectivity index (χ0) is 8.67. The summed E-state index contributed by atoms with van der Waals surface area (Å²) < 4.78 is 0. The van der Waals surface area contributed by atoms with Crippen molar-refractivity contribution in [2.24, 2.45) is 0 Å². The summed E-state index contributed by atoms with van der Waals surface area (Å²) in [6.07, 6.45) is 0. The zero-order valence-corrected chi connectivity index (χ0v) is 7.12. The van der Waals surface area contributed by atoms with Crippen LogP contribution in [0.2, 0.25) is 0 Å². The molecule has 1 N–H and O–H groups in total. The molecular weight excluding hydrogens is 160 g/mol. The monoisotopic (exact) mass is 169 g/mol. The second kappa shape index (κ2) is 2.39. The molecule has 0 saturated carbocycles. The predicted octanol–water partition coefficient (Wildman–Crippen LogP) is 2.46. The van der Waals surface area contributed by atoms with Crippen LogP contribution in [0, 0.1) is 0 Å². The van der Waals surface area contributed by atoms with E-state index < -0.39 is 0 Å². The lowest BCUT2D eigenvalue weighted by Gasteiger charge is -2.18. The Morgan fingerprint density at radius 1 is 1.08 bits per heavy atom. The minimum Gasteiger partial charge on any atom is -0.366 e. The summed E-state index contributed by atoms with van der Waals surface area (Å²) in [7, 11) is 0. The summed E-state index contributed by atoms with van der Waals surface area (Å²) in [4.78, 5) is 0. The van der Waals surface area contributed by atoms with Crippen LogP contribution in [0.3, 0.4) is 0 Å². The maximum atomic E-state index is 4.40. The first-order chi connectivity index (χ1) is 6.45. The van der Waals surface area contributed by atoms with Gasteiger partial charge < -0.3 is 5.32 Å². The highest BCUT2D eigenvalue weighted by molar-refractivity contribution is 6.02. The molecule has 63 valence electrons. The topological polar surface area (TPSA) is 26.1 Å². The van der Waals surface area contributed by atoms with E-state index in [4.69, 9.17) is 0 Å². The highest BCUT2D eigenvalue weighted by atomic mass is 15.1. The van der Waals surface area contributed by atoms with Crippen LogP contribution in [0.15, 0.2) is 36.4 Å². The molecule has 0 spiro atoms. The van der Waals surface area contributed by atoms with Crippen molar-refractivity contribution in [1.29, 1.82) is 0 Å². The van der Waals surface area contributed by atoms with Gasteiger partial charge in [-0.2, -0.15) is 0 Å². The normalized spacial score (nSPS) is 13.5. The zero-order valence-electron chi connectivity index (χ0n) is 7.12. The van der Waals surface area contributed by atoms with E-state index in [9.17, 15) is 0 Å². The van der Waals surface area contributed by atoms with E-state index in [1.54, 1.807) is 0 Å². The van der Waals surface area contributed by atoms with Crippen molar-refractivity contribution >= 4 is 22.1 Å². The first-order valence-electron chi connectivity index (χ1n) is 4.38. The molecule has 3 rings (SSSR count). The van der Waals surface area contributed by atoms with Crippen molar-refractivity contribution in [3.05, 3.63) is 36.4 Å². The average molecular weight is 169 g/mol. The Balaban J connectivity index is 2.49. The number of anilines is 1. The van der Waals surface area contributed by atoms with Gasteiger partial charge in [-0.1, -0.05) is 24.3 Å². The molecule has 1 aliphatic rings. The van der Waals surface area contributed by atoms with E-state index >= 15 is 0 Å². The molecule has 0 atom stereocenters. The number of hydrogen-bond acceptors (Lipinski definition) is 1. The molecule has 2 nitrogen and oxygen atoms in total. The molecule has 0 saturated heterocycles. The average Bonchev–Trinajstić information content (AvgIpc) is 2.19. The van der Waals surface area contributed by atoms with Gasteiger partial charge >= 0.3 is 0 Å². The first kappa shape index (κ1) is 6.78. The van der Waals surface area contributed by atoms with Crippen LogP contribution in [0.5, 0.6) is 0 Å². The second-order valence-electron chi connectivity index (χ2n) is 3.17. The molecular formula is C11H9N2. The van der Waals surface area contributed by atoms with Crippen molar-refractivity contribution < 1.29 is 0 Å². The molecule has 0 fully saturated rings. The van der Waals surface area contributed by atoms with Crippen molar-refractivity contribution in [2.45, 2.75) is 0 Å². The fraction of sp³-hybridized carbons (Fsp3) is 0.0909. The summed E-state index contributed by atoms with van der Waals surface area (Å²) >= 11 is 0. The van der Waals surface area contributed by atoms with Gasteiger partial charge in [-0.15, -0.1) is 0 Å². The van der Waals surface area contributed by atoms with Crippen molar-refractivity contribution in [3.63, 3.8) is 0 Å². The predicted molar refractivity (Wildman–Crippen MR) is 54.2 cm³/mol. The molecule has 2 aromatic carbocycles. The summed E-state index contributed by atoms with van der Waals surface area (Å²) in [6.45, 7) is 0.691. The summed E-state index contributed by atoms with van der Waals surface area (Å²) in [6, 6.07) is 12.5. The maximum Gasteiger partial charge on any atom is 0.108 e. The lowest BCUT2D eigenvalue weighted by atomic mass is 10.1. The Morgan fingerprint density at radius 2 is 1.92 bits per heavy atom. The van der Waals surface area contributed by atoms with E-state index in [1.165, 1.54) is 16.5 Å². The molecule has 2 aromatic rings. The summed E-state index contributed by atoms with van der Waals surface area (Å²) in [5.41, 5.74) is 2.30. The molecule has 0 amide bonds. The number of rotatable bonds is 0. The van der Waals surface area contributed by atoms with Crippen LogP contribution in [0.25, 0.3) is 10.8 Å². The minimum atomic E-state index is 0.691. The van der Waals surface area contributed by atoms with Crippen LogP contribution in [-0.2, 0) is 0 Å². The SMILES string of the molecule is c1cc2c3c(cccc3c1)NC[N]2. The quantitative estimate of drug-likeness (QED) is 0.644. The van der Waals surface area contributed by atoms with E-state index in [-0.39, 0.29) is 0 Å². The molecule has 1 heterocycles. The lowest BCUT2D eigenvalue weighted by molar-refractivity contribution is 0.918. The second-order valence-corrected chi connectivity index (χ2v) is 3.17. The molecule has 0 unspecified atom stereocenters. The van der Waals surface area contributed by atoms with Gasteiger partial charge in [0, 0.05) is 11.1 Å². The van der Waals surface area contributed by atoms with Gasteiger partial charge in [-0.25, -0.2) is 0 Å². The molecule has 1 aliphatic heterocycles. The smallest absolute Gasteiger partial charge is 0.108 e. The van der Waals surface area contributed by atoms with Crippen molar-refractivity contribution in [3.8, 4) is 0 Å². The fourth-order valence-corrected chi connectivity index (χ4v) is 1.81. The van der Waals surface area contributed by atoms with Gasteiger partial charge in [0.15, 0.2) is 0 Å². The van der Waals surface area contributed by atoms with Gasteiger partial charge in [0.2, 0.25) is 0 Å². The standard InChI is InChI=1S/C11H9N2/c1-3-8-4-2-6-10-11(8)9(5-1)12-7-13-10/h1-6,12H,7H2. The Labute approximate surface area is 76.6 Å². The van der Waals surface area contributed by atoms with Crippen LogP contribution in [-0.4, -0.2) is 6.67 Å². The first-order valence-corrected chi connectivity index (χ1v) is 4.38. The molecule has 2 heteroatoms. The lowest BCUT2D eigenvalue weighted by Crippen LogP contribution is -2.15. The van der Waals surface area contributed by atoms with Crippen LogP contribution >= 0.6 is 0 Å². The van der Waals surface area contributed by atoms with E-state index in [0.29, 0.717) is 6.67 Å². The van der Waals surface area contributed by atoms with Crippen molar-refractivity contribution in [2.75, 3.05) is 12.0 Å². The van der Waals surface area contributed by atoms with Gasteiger partial charge in [0.1, 0.15) is 6.67 Å². The van der Waals surface area contributed by atoms with Gasteiger partial charge in [0.05, 0.1) is 5.69 Å². The van der Waals surface area contributed by atoms with E-state index in [2.05, 4.69) is 47.0 Å². The Bertz CT molecular complexity index is 424. The third-order valence-corrected chi connectivity index (χ3v) is 2.40. The third kappa shape index (κ3) is 0.886. The summed E-state index contributed by atoms with van der Waals surface area (Å²) in [5.74, 6) is 0. The molecule has 0 aromatic heterocycles. The minimum absolute atomic E-state index is 0.691. The number of benzene rings is 2. The summed E-state index contributed by atoms with van der Waals surface area (Å²) in [5, 5.41) is 10.2. The number of hydrogen-bond donors (Lipinski definition) is 1. The van der Waals surface area contributed by atoms with Gasteiger partial charge in [-0.3, -0.25) is 5.32 Å². The van der Waals surface area contributed by atoms with Gasteiger partial charge in [0.25, 0.3) is 0 Å². The molecule has 0 aliphatic carbocycles. The third-order valence-electron chi connectivity index (χ3n) is 2.40. The van der Waals surface area contributed by atoms with E-state index in [0.717, 1.165) is 5.69 Å². The highest BCUT2D eigenvalue weighted by Gasteiger charge is 2.10. The maximum absolute atomic E-state index is 4.40. The van der Waals surface area contributed by atoms with Crippen molar-refractivity contribution in [1.82, 2.24) is 5.32 Å². The fourth-order valence-electron chi connectivity index (χ4n) is 1.81. The van der Waals surface area contributed by atoms with Crippen LogP contribution in [0.1, 0.15) is 0 Å². The molecule has 1 radical (unpaired) electrons. The van der Waals surface area contributed by atoms with Crippen LogP contribution < -0.4 is 10.6 Å². The van der Waals surface area contributed by atoms with E-state index in [1.807, 2.05) is 0 Å². The van der Waals surface area contributed by atoms with Crippen LogP contribution in [0.4, 0.5) is 11.4 Å². The Kier molecular flexibility index (Phi) is 1.25. The largest absolute Gasteiger partial charge is 0.366 e. The number of nitrogens with one attached hydrogen (secondary N) is 1. The molecule has 13 heavy (non-hydrogen) atoms. The number of nitrogens with zero attached hydrogens (tertiary/aromatic N) is 1. The van der Waals surface area contributed by atoms with Gasteiger partial charge in [-0.05, 0) is 17.5 Å². The Hall–Kier alpha value is -1.70.